The zero-order valence-electron chi connectivity index (χ0n) is 19.2. The number of thioether (sulfide) groups is 2. The van der Waals surface area contributed by atoms with Gasteiger partial charge in [-0.15, -0.1) is 0 Å². The lowest BCUT2D eigenvalue weighted by Crippen LogP contribution is -2.49. The second-order valence-corrected chi connectivity index (χ2v) is 9.87. The minimum atomic E-state index is -1.16. The lowest BCUT2D eigenvalue weighted by Gasteiger charge is -2.41. The third kappa shape index (κ3) is 4.46. The minimum absolute atomic E-state index is 0.0789. The van der Waals surface area contributed by atoms with Crippen molar-refractivity contribution in [2.45, 2.75) is 25.1 Å². The maximum atomic E-state index is 12.9. The van der Waals surface area contributed by atoms with Crippen molar-refractivity contribution >= 4 is 57.6 Å². The van der Waals surface area contributed by atoms with E-state index in [4.69, 9.17) is 9.47 Å². The topological polar surface area (TPSA) is 115 Å². The number of hydrogen-bond donors (Lipinski definition) is 0. The van der Waals surface area contributed by atoms with E-state index in [0.717, 1.165) is 17.4 Å². The molecule has 0 aromatic heterocycles. The van der Waals surface area contributed by atoms with Gasteiger partial charge >= 0.3 is 11.9 Å². The number of nitrogens with zero attached hydrogens (tertiary/aromatic N) is 4. The van der Waals surface area contributed by atoms with E-state index in [1.807, 2.05) is 35.2 Å². The van der Waals surface area contributed by atoms with Gasteiger partial charge in [-0.3, -0.25) is 10.1 Å². The molecule has 0 saturated carbocycles. The number of anilines is 2. The fourth-order valence-electron chi connectivity index (χ4n) is 3.65. The Labute approximate surface area is 210 Å². The van der Waals surface area contributed by atoms with E-state index in [2.05, 4.69) is 5.10 Å². The van der Waals surface area contributed by atoms with Crippen LogP contribution in [-0.2, 0) is 19.1 Å². The first-order valence-corrected chi connectivity index (χ1v) is 12.4. The molecule has 2 aliphatic rings. The van der Waals surface area contributed by atoms with Crippen LogP contribution >= 0.6 is 23.5 Å². The smallest absolute Gasteiger partial charge is 0.365 e. The van der Waals surface area contributed by atoms with Gasteiger partial charge in [0.15, 0.2) is 0 Å². The Morgan fingerprint density at radius 1 is 0.971 bits per heavy atom. The van der Waals surface area contributed by atoms with Gasteiger partial charge in [0.1, 0.15) is 4.91 Å². The Balaban J connectivity index is 1.87. The van der Waals surface area contributed by atoms with E-state index >= 15 is 0 Å². The summed E-state index contributed by atoms with van der Waals surface area (Å²) in [6, 6.07) is 15.2. The molecule has 2 aromatic rings. The van der Waals surface area contributed by atoms with Crippen LogP contribution in [0.5, 0.6) is 0 Å². The van der Waals surface area contributed by atoms with Gasteiger partial charge in [-0.1, -0.05) is 30.0 Å². The number of non-ortho nitro benzene ring substituents is 1. The second kappa shape index (κ2) is 10.0. The molecule has 0 fully saturated rings. The summed E-state index contributed by atoms with van der Waals surface area (Å²) in [6.07, 6.45) is 0. The number of benzene rings is 2. The van der Waals surface area contributed by atoms with Crippen molar-refractivity contribution in [2.24, 2.45) is 5.10 Å². The molecule has 0 amide bonds. The number of esters is 2. The van der Waals surface area contributed by atoms with Gasteiger partial charge in [-0.2, -0.15) is 5.10 Å². The normalized spacial score (nSPS) is 19.2. The Kier molecular flexibility index (Phi) is 7.03. The van der Waals surface area contributed by atoms with Crippen LogP contribution in [0.4, 0.5) is 17.1 Å². The summed E-state index contributed by atoms with van der Waals surface area (Å²) in [7, 11) is 0. The molecule has 2 aliphatic heterocycles. The third-order valence-corrected chi connectivity index (χ3v) is 7.95. The average Bonchev–Trinajstić information content (AvgIpc) is 3.37. The van der Waals surface area contributed by atoms with E-state index in [1.54, 1.807) is 37.9 Å². The maximum absolute atomic E-state index is 12.9. The van der Waals surface area contributed by atoms with Gasteiger partial charge in [-0.05, 0) is 56.8 Å². The highest BCUT2D eigenvalue weighted by atomic mass is 32.2. The standard InChI is InChI=1S/C23H22N4O6S2/c1-4-32-21(28)19-15(3)25(16-9-7-6-8-10-16)23(34-19)26(24-20(35-23)22(29)33-5-2)17-11-13-18(14-12-17)27(30)31/h6-14H,4-5H2,1-3H3. The first kappa shape index (κ1) is 24.6. The Hall–Kier alpha value is -3.51. The summed E-state index contributed by atoms with van der Waals surface area (Å²) in [5.41, 5.74) is 1.80. The molecule has 0 bridgehead atoms. The second-order valence-electron chi connectivity index (χ2n) is 7.27. The van der Waals surface area contributed by atoms with E-state index in [-0.39, 0.29) is 23.9 Å². The lowest BCUT2D eigenvalue weighted by molar-refractivity contribution is -0.384. The molecule has 0 aliphatic carbocycles. The predicted octanol–water partition coefficient (Wildman–Crippen LogP) is 4.68. The van der Waals surface area contributed by atoms with Gasteiger partial charge in [0, 0.05) is 23.5 Å². The molecule has 1 atom stereocenters. The zero-order chi connectivity index (χ0) is 25.2. The van der Waals surface area contributed by atoms with Crippen LogP contribution < -0.4 is 9.91 Å². The average molecular weight is 515 g/mol. The fourth-order valence-corrected chi connectivity index (χ4v) is 6.60. The van der Waals surface area contributed by atoms with Crippen molar-refractivity contribution in [3.8, 4) is 0 Å². The molecule has 4 rings (SSSR count). The van der Waals surface area contributed by atoms with Gasteiger partial charge in [0.2, 0.25) is 9.37 Å². The van der Waals surface area contributed by atoms with Crippen LogP contribution in [0.25, 0.3) is 0 Å². The predicted molar refractivity (Wildman–Crippen MR) is 136 cm³/mol. The molecule has 10 nitrogen and oxygen atoms in total. The van der Waals surface area contributed by atoms with E-state index in [9.17, 15) is 19.7 Å². The van der Waals surface area contributed by atoms with Crippen molar-refractivity contribution in [3.63, 3.8) is 0 Å². The molecule has 1 spiro atoms. The molecule has 0 N–H and O–H groups in total. The Bertz CT molecular complexity index is 1220. The Morgan fingerprint density at radius 3 is 2.20 bits per heavy atom. The number of ether oxygens (including phenoxy) is 2. The van der Waals surface area contributed by atoms with E-state index < -0.39 is 21.2 Å². The fraction of sp³-hybridized carbons (Fsp3) is 0.261. The van der Waals surface area contributed by atoms with Crippen LogP contribution in [-0.4, -0.2) is 39.4 Å². The summed E-state index contributed by atoms with van der Waals surface area (Å²) in [4.78, 5) is 38.6. The summed E-state index contributed by atoms with van der Waals surface area (Å²) in [5.74, 6) is -1.08. The Morgan fingerprint density at radius 2 is 1.60 bits per heavy atom. The van der Waals surface area contributed by atoms with Crippen molar-refractivity contribution in [1.82, 2.24) is 0 Å². The van der Waals surface area contributed by atoms with Gasteiger partial charge in [0.05, 0.1) is 23.8 Å². The number of hydrogen-bond acceptors (Lipinski definition) is 11. The molecule has 12 heteroatoms. The molecule has 182 valence electrons. The number of hydrazone groups is 1. The van der Waals surface area contributed by atoms with Crippen molar-refractivity contribution in [1.29, 1.82) is 0 Å². The quantitative estimate of drug-likeness (QED) is 0.293. The summed E-state index contributed by atoms with van der Waals surface area (Å²) in [6.45, 7) is 5.61. The molecular weight excluding hydrogens is 492 g/mol. The van der Waals surface area contributed by atoms with Gasteiger partial charge < -0.3 is 14.4 Å². The van der Waals surface area contributed by atoms with Crippen LogP contribution in [0.3, 0.4) is 0 Å². The summed E-state index contributed by atoms with van der Waals surface area (Å²) >= 11 is 2.33. The number of allylic oxidation sites excluding steroid dienone is 1. The number of carbonyl (C=O) groups excluding carboxylic acids is 2. The highest BCUT2D eigenvalue weighted by Gasteiger charge is 2.58. The van der Waals surface area contributed by atoms with Crippen LogP contribution in [0, 0.1) is 10.1 Å². The number of nitro benzene ring substituents is 1. The molecule has 2 aromatic carbocycles. The largest absolute Gasteiger partial charge is 0.462 e. The highest BCUT2D eigenvalue weighted by Crippen LogP contribution is 2.60. The molecule has 35 heavy (non-hydrogen) atoms. The third-order valence-electron chi connectivity index (χ3n) is 5.10. The number of para-hydroxylation sites is 1. The summed E-state index contributed by atoms with van der Waals surface area (Å²) in [5, 5.41) is 17.4. The number of rotatable bonds is 7. The van der Waals surface area contributed by atoms with Crippen LogP contribution in [0.2, 0.25) is 0 Å². The van der Waals surface area contributed by atoms with Crippen molar-refractivity contribution < 1.29 is 24.0 Å². The number of nitro groups is 1. The van der Waals surface area contributed by atoms with Gasteiger partial charge in [-0.25, -0.2) is 14.6 Å². The zero-order valence-corrected chi connectivity index (χ0v) is 20.8. The maximum Gasteiger partial charge on any atom is 0.365 e. The lowest BCUT2D eigenvalue weighted by atomic mass is 10.2. The molecule has 0 saturated heterocycles. The minimum Gasteiger partial charge on any atom is -0.462 e. The van der Waals surface area contributed by atoms with E-state index in [0.29, 0.717) is 16.3 Å². The monoisotopic (exact) mass is 514 g/mol. The molecule has 1 unspecified atom stereocenters. The summed E-state index contributed by atoms with van der Waals surface area (Å²) < 4.78 is 9.35. The number of carbonyl (C=O) groups is 2. The van der Waals surface area contributed by atoms with Crippen molar-refractivity contribution in [3.05, 3.63) is 75.3 Å². The SMILES string of the molecule is CCOC(=O)C1=NN(c2ccc([N+](=O)[O-])cc2)C2(S1)SC(C(=O)OCC)=C(C)N2c1ccccc1. The molecule has 0 radical (unpaired) electrons. The van der Waals surface area contributed by atoms with Crippen molar-refractivity contribution in [2.75, 3.05) is 23.1 Å². The first-order valence-electron chi connectivity index (χ1n) is 10.7. The molecule has 2 heterocycles. The van der Waals surface area contributed by atoms with E-state index in [1.165, 1.54) is 23.9 Å². The van der Waals surface area contributed by atoms with Crippen LogP contribution in [0.15, 0.2) is 70.3 Å². The molecular formula is C23H22N4O6S2. The first-order chi connectivity index (χ1) is 16.8. The highest BCUT2D eigenvalue weighted by molar-refractivity contribution is 8.29. The van der Waals surface area contributed by atoms with Gasteiger partial charge in [0.25, 0.3) is 5.69 Å². The van der Waals surface area contributed by atoms with Crippen LogP contribution in [0.1, 0.15) is 20.8 Å².